The molecule has 0 unspecified atom stereocenters. The lowest BCUT2D eigenvalue weighted by atomic mass is 10.0. The fourth-order valence-corrected chi connectivity index (χ4v) is 4.31. The molecule has 1 N–H and O–H groups in total. The molecule has 138 valence electrons. The van der Waals surface area contributed by atoms with Gasteiger partial charge in [0, 0.05) is 25.2 Å². The smallest absolute Gasteiger partial charge is 0.202 e. The zero-order valence-corrected chi connectivity index (χ0v) is 17.3. The Morgan fingerprint density at radius 1 is 0.889 bits per heavy atom. The van der Waals surface area contributed by atoms with Gasteiger partial charge in [-0.25, -0.2) is 0 Å². The molecule has 6 heteroatoms. The number of rotatable bonds is 2. The summed E-state index contributed by atoms with van der Waals surface area (Å²) >= 11 is 18.4. The van der Waals surface area contributed by atoms with E-state index in [1.165, 1.54) is 21.9 Å². The van der Waals surface area contributed by atoms with Gasteiger partial charge in [0.25, 0.3) is 0 Å². The third-order valence-electron chi connectivity index (χ3n) is 5.21. The van der Waals surface area contributed by atoms with Crippen LogP contribution in [0.1, 0.15) is 11.1 Å². The number of benzene rings is 3. The van der Waals surface area contributed by atoms with E-state index in [0.717, 1.165) is 18.5 Å². The highest BCUT2D eigenvalue weighted by atomic mass is 35.5. The largest absolute Gasteiger partial charge is 0.315 e. The second-order valence-electron chi connectivity index (χ2n) is 6.75. The normalized spacial score (nSPS) is 12.5. The third kappa shape index (κ3) is 3.04. The average molecular weight is 419 g/mol. The van der Waals surface area contributed by atoms with E-state index in [9.17, 15) is 0 Å². The lowest BCUT2D eigenvalue weighted by Gasteiger charge is -2.29. The predicted octanol–water partition coefficient (Wildman–Crippen LogP) is 6.41. The van der Waals surface area contributed by atoms with E-state index in [4.69, 9.17) is 40.2 Å². The summed E-state index contributed by atoms with van der Waals surface area (Å²) in [6.45, 7) is 0. The topological polar surface area (TPSA) is 30.3 Å². The minimum atomic E-state index is 0.308. The lowest BCUT2D eigenvalue weighted by Crippen LogP contribution is -2.39. The van der Waals surface area contributed by atoms with E-state index >= 15 is 0 Å². The first-order valence-electron chi connectivity index (χ1n) is 8.62. The molecular formula is C21H18Cl3N3. The minimum Gasteiger partial charge on any atom is -0.315 e. The number of nitrogens with one attached hydrogen (secondary N) is 1. The van der Waals surface area contributed by atoms with Gasteiger partial charge in [0.1, 0.15) is 0 Å². The summed E-state index contributed by atoms with van der Waals surface area (Å²) in [4.78, 5) is 3.61. The lowest BCUT2D eigenvalue weighted by molar-refractivity contribution is 1.02. The summed E-state index contributed by atoms with van der Waals surface area (Å²) in [6.07, 6.45) is 2.16. The number of guanidine groups is 1. The van der Waals surface area contributed by atoms with Gasteiger partial charge in [-0.2, -0.15) is 0 Å². The molecule has 0 spiro atoms. The van der Waals surface area contributed by atoms with Crippen molar-refractivity contribution in [3.63, 3.8) is 0 Å². The van der Waals surface area contributed by atoms with Crippen LogP contribution in [-0.2, 0) is 12.8 Å². The van der Waals surface area contributed by atoms with Crippen molar-refractivity contribution < 1.29 is 0 Å². The third-order valence-corrected chi connectivity index (χ3v) is 6.40. The number of halogens is 3. The predicted molar refractivity (Wildman–Crippen MR) is 117 cm³/mol. The molecule has 27 heavy (non-hydrogen) atoms. The highest BCUT2D eigenvalue weighted by molar-refractivity contribution is 6.48. The first-order valence-corrected chi connectivity index (χ1v) is 9.76. The van der Waals surface area contributed by atoms with Crippen molar-refractivity contribution in [1.29, 1.82) is 5.41 Å². The zero-order chi connectivity index (χ0) is 19.3. The van der Waals surface area contributed by atoms with Crippen molar-refractivity contribution in [3.05, 3.63) is 68.7 Å². The molecule has 0 aliphatic heterocycles. The van der Waals surface area contributed by atoms with Crippen molar-refractivity contribution in [3.8, 4) is 0 Å². The summed E-state index contributed by atoms with van der Waals surface area (Å²) in [6, 6.07) is 14.1. The first-order chi connectivity index (χ1) is 12.9. The molecule has 1 aliphatic carbocycles. The second-order valence-corrected chi connectivity index (χ2v) is 7.94. The fraction of sp³-hybridized carbons (Fsp3) is 0.190. The van der Waals surface area contributed by atoms with Gasteiger partial charge in [0.15, 0.2) is 0 Å². The standard InChI is InChI=1S/C21H18Cl3N3/c1-26(14-10-16(22)20(24)17(23)11-14)21(25)27(2)18-9-8-13-7-6-12-4-3-5-15(18)19(12)13/h3-5,8-11,25H,6-7H2,1-2H3. The van der Waals surface area contributed by atoms with Crippen molar-refractivity contribution in [1.82, 2.24) is 0 Å². The summed E-state index contributed by atoms with van der Waals surface area (Å²) < 4.78 is 0. The molecule has 0 saturated carbocycles. The maximum absolute atomic E-state index is 8.70. The van der Waals surface area contributed by atoms with Crippen LogP contribution >= 0.6 is 34.8 Å². The molecule has 0 saturated heterocycles. The van der Waals surface area contributed by atoms with Gasteiger partial charge < -0.3 is 9.80 Å². The van der Waals surface area contributed by atoms with Crippen LogP contribution in [0.3, 0.4) is 0 Å². The molecule has 1 aliphatic rings. The van der Waals surface area contributed by atoms with Crippen LogP contribution in [0, 0.1) is 5.41 Å². The Balaban J connectivity index is 1.72. The van der Waals surface area contributed by atoms with Crippen LogP contribution < -0.4 is 9.80 Å². The summed E-state index contributed by atoms with van der Waals surface area (Å²) in [5.74, 6) is 0.308. The van der Waals surface area contributed by atoms with E-state index in [2.05, 4.69) is 30.3 Å². The van der Waals surface area contributed by atoms with Gasteiger partial charge in [-0.05, 0) is 47.6 Å². The fourth-order valence-electron chi connectivity index (χ4n) is 3.72. The Labute approximate surface area is 173 Å². The summed E-state index contributed by atoms with van der Waals surface area (Å²) in [5.41, 5.74) is 4.47. The molecule has 0 fully saturated rings. The Hall–Kier alpha value is -1.94. The number of anilines is 2. The number of aryl methyl sites for hydroxylation is 2. The average Bonchev–Trinajstić information content (AvgIpc) is 3.09. The van der Waals surface area contributed by atoms with Crippen LogP contribution in [0.2, 0.25) is 15.1 Å². The molecular weight excluding hydrogens is 401 g/mol. The van der Waals surface area contributed by atoms with Crippen molar-refractivity contribution in [2.45, 2.75) is 12.8 Å². The van der Waals surface area contributed by atoms with Crippen molar-refractivity contribution in [2.24, 2.45) is 0 Å². The molecule has 3 aromatic rings. The van der Waals surface area contributed by atoms with Gasteiger partial charge in [-0.1, -0.05) is 59.1 Å². The maximum atomic E-state index is 8.70. The van der Waals surface area contributed by atoms with Gasteiger partial charge in [-0.3, -0.25) is 5.41 Å². The molecule has 0 aromatic heterocycles. The van der Waals surface area contributed by atoms with Gasteiger partial charge >= 0.3 is 0 Å². The van der Waals surface area contributed by atoms with E-state index in [1.807, 2.05) is 19.0 Å². The van der Waals surface area contributed by atoms with Crippen LogP contribution in [-0.4, -0.2) is 20.1 Å². The molecule has 0 atom stereocenters. The van der Waals surface area contributed by atoms with E-state index in [0.29, 0.717) is 26.7 Å². The number of nitrogens with zero attached hydrogens (tertiary/aromatic N) is 2. The Morgan fingerprint density at radius 2 is 1.52 bits per heavy atom. The molecule has 0 heterocycles. The van der Waals surface area contributed by atoms with Gasteiger partial charge in [-0.15, -0.1) is 0 Å². The molecule has 3 aromatic carbocycles. The quantitative estimate of drug-likeness (QED) is 0.296. The molecule has 0 radical (unpaired) electrons. The second kappa shape index (κ2) is 6.90. The SMILES string of the molecule is CN(C(=N)N(C)c1ccc2c3c(cccc13)CC2)c1cc(Cl)c(Cl)c(Cl)c1. The Morgan fingerprint density at radius 3 is 2.19 bits per heavy atom. The maximum Gasteiger partial charge on any atom is 0.202 e. The van der Waals surface area contributed by atoms with Crippen molar-refractivity contribution in [2.75, 3.05) is 23.9 Å². The first kappa shape index (κ1) is 18.4. The molecule has 0 amide bonds. The van der Waals surface area contributed by atoms with Crippen LogP contribution in [0.4, 0.5) is 11.4 Å². The molecule has 3 nitrogen and oxygen atoms in total. The van der Waals surface area contributed by atoms with Crippen LogP contribution in [0.5, 0.6) is 0 Å². The summed E-state index contributed by atoms with van der Waals surface area (Å²) in [7, 11) is 3.71. The monoisotopic (exact) mass is 417 g/mol. The molecule has 4 rings (SSSR count). The van der Waals surface area contributed by atoms with Crippen LogP contribution in [0.15, 0.2) is 42.5 Å². The van der Waals surface area contributed by atoms with Crippen LogP contribution in [0.25, 0.3) is 10.8 Å². The van der Waals surface area contributed by atoms with Gasteiger partial charge in [0.05, 0.1) is 20.8 Å². The van der Waals surface area contributed by atoms with Crippen molar-refractivity contribution >= 4 is 62.9 Å². The minimum absolute atomic E-state index is 0.308. The van der Waals surface area contributed by atoms with E-state index in [-0.39, 0.29) is 0 Å². The number of hydrogen-bond acceptors (Lipinski definition) is 1. The number of hydrogen-bond donors (Lipinski definition) is 1. The Kier molecular flexibility index (Phi) is 4.71. The van der Waals surface area contributed by atoms with E-state index in [1.54, 1.807) is 17.0 Å². The summed E-state index contributed by atoms with van der Waals surface area (Å²) in [5, 5.41) is 12.3. The van der Waals surface area contributed by atoms with E-state index < -0.39 is 0 Å². The highest BCUT2D eigenvalue weighted by Gasteiger charge is 2.21. The Bertz CT molecular complexity index is 1040. The molecule has 0 bridgehead atoms. The van der Waals surface area contributed by atoms with Gasteiger partial charge in [0.2, 0.25) is 5.96 Å². The zero-order valence-electron chi connectivity index (χ0n) is 15.0. The highest BCUT2D eigenvalue weighted by Crippen LogP contribution is 2.37.